The molecule has 60 valence electrons. The summed E-state index contributed by atoms with van der Waals surface area (Å²) in [6.45, 7) is 2.03. The van der Waals surface area contributed by atoms with Crippen molar-refractivity contribution in [3.05, 3.63) is 29.0 Å². The summed E-state index contributed by atoms with van der Waals surface area (Å²) in [5.74, 6) is 0. The molecule has 2 N–H and O–H groups in total. The van der Waals surface area contributed by atoms with Gasteiger partial charge in [0.1, 0.15) is 0 Å². The predicted octanol–water partition coefficient (Wildman–Crippen LogP) is 2.14. The molecule has 0 aliphatic heterocycles. The van der Waals surface area contributed by atoms with E-state index in [0.717, 1.165) is 12.0 Å². The molecule has 0 amide bonds. The number of halogens is 1. The van der Waals surface area contributed by atoms with Crippen molar-refractivity contribution >= 4 is 11.6 Å². The largest absolute Gasteiger partial charge is 0.324 e. The molecule has 1 rings (SSSR count). The molecule has 0 fully saturated rings. The van der Waals surface area contributed by atoms with E-state index in [4.69, 9.17) is 17.3 Å². The second-order valence-corrected chi connectivity index (χ2v) is 2.89. The Morgan fingerprint density at radius 3 is 2.91 bits per heavy atom. The molecular weight excluding hydrogens is 160 g/mol. The molecule has 0 radical (unpaired) electrons. The monoisotopic (exact) mass is 170 g/mol. The summed E-state index contributed by atoms with van der Waals surface area (Å²) in [5, 5.41) is 0.645. The lowest BCUT2D eigenvalue weighted by molar-refractivity contribution is 0.695. The van der Waals surface area contributed by atoms with E-state index in [0.29, 0.717) is 5.02 Å². The molecule has 0 saturated carbocycles. The number of aromatic nitrogens is 1. The fourth-order valence-electron chi connectivity index (χ4n) is 0.867. The zero-order valence-electron chi connectivity index (χ0n) is 6.42. The molecule has 3 heteroatoms. The van der Waals surface area contributed by atoms with Crippen LogP contribution in [0.25, 0.3) is 0 Å². The first-order valence-corrected chi connectivity index (χ1v) is 3.98. The fourth-order valence-corrected chi connectivity index (χ4v) is 1.05. The summed E-state index contributed by atoms with van der Waals surface area (Å²) in [4.78, 5) is 3.94. The Morgan fingerprint density at radius 1 is 1.64 bits per heavy atom. The van der Waals surface area contributed by atoms with Crippen LogP contribution >= 0.6 is 11.6 Å². The maximum Gasteiger partial charge on any atom is 0.0592 e. The lowest BCUT2D eigenvalue weighted by Gasteiger charge is -2.07. The van der Waals surface area contributed by atoms with Gasteiger partial charge in [0, 0.05) is 18.4 Å². The normalized spacial score (nSPS) is 13.0. The molecule has 1 aromatic heterocycles. The number of nitrogens with zero attached hydrogens (tertiary/aromatic N) is 1. The second-order valence-electron chi connectivity index (χ2n) is 2.45. The molecule has 1 aromatic rings. The van der Waals surface area contributed by atoms with Crippen LogP contribution in [-0.2, 0) is 0 Å². The molecule has 1 heterocycles. The van der Waals surface area contributed by atoms with Crippen molar-refractivity contribution in [1.82, 2.24) is 4.98 Å². The van der Waals surface area contributed by atoms with Crippen molar-refractivity contribution in [2.24, 2.45) is 5.73 Å². The number of hydrogen-bond acceptors (Lipinski definition) is 2. The van der Waals surface area contributed by atoms with E-state index in [-0.39, 0.29) is 6.04 Å². The minimum Gasteiger partial charge on any atom is -0.324 e. The van der Waals surface area contributed by atoms with Crippen molar-refractivity contribution in [2.75, 3.05) is 0 Å². The van der Waals surface area contributed by atoms with Gasteiger partial charge in [0.05, 0.1) is 5.02 Å². The third kappa shape index (κ3) is 2.17. The number of rotatable bonds is 2. The van der Waals surface area contributed by atoms with E-state index < -0.39 is 0 Å². The van der Waals surface area contributed by atoms with Gasteiger partial charge >= 0.3 is 0 Å². The lowest BCUT2D eigenvalue weighted by Crippen LogP contribution is -2.08. The third-order valence-electron chi connectivity index (χ3n) is 1.59. The van der Waals surface area contributed by atoms with Crippen molar-refractivity contribution < 1.29 is 0 Å². The Kier molecular flexibility index (Phi) is 2.85. The van der Waals surface area contributed by atoms with Gasteiger partial charge in [-0.3, -0.25) is 4.98 Å². The molecule has 0 spiro atoms. The molecule has 11 heavy (non-hydrogen) atoms. The molecule has 1 atom stereocenters. The molecule has 0 bridgehead atoms. The molecule has 1 unspecified atom stereocenters. The first-order valence-electron chi connectivity index (χ1n) is 3.60. The average molecular weight is 171 g/mol. The van der Waals surface area contributed by atoms with Crippen LogP contribution in [0.4, 0.5) is 0 Å². The predicted molar refractivity (Wildman–Crippen MR) is 46.5 cm³/mol. The van der Waals surface area contributed by atoms with Crippen molar-refractivity contribution in [1.29, 1.82) is 0 Å². The van der Waals surface area contributed by atoms with Gasteiger partial charge in [-0.05, 0) is 18.1 Å². The summed E-state index contributed by atoms with van der Waals surface area (Å²) in [7, 11) is 0. The van der Waals surface area contributed by atoms with E-state index in [1.165, 1.54) is 0 Å². The summed E-state index contributed by atoms with van der Waals surface area (Å²) < 4.78 is 0. The maximum absolute atomic E-state index is 5.76. The van der Waals surface area contributed by atoms with Gasteiger partial charge in [-0.15, -0.1) is 0 Å². The van der Waals surface area contributed by atoms with Gasteiger partial charge in [-0.1, -0.05) is 18.5 Å². The summed E-state index contributed by atoms with van der Waals surface area (Å²) in [5.41, 5.74) is 6.76. The number of pyridine rings is 1. The highest BCUT2D eigenvalue weighted by molar-refractivity contribution is 6.30. The smallest absolute Gasteiger partial charge is 0.0592 e. The van der Waals surface area contributed by atoms with Gasteiger partial charge < -0.3 is 5.73 Å². The van der Waals surface area contributed by atoms with Gasteiger partial charge in [-0.25, -0.2) is 0 Å². The molecular formula is C8H11ClN2. The number of hydrogen-bond donors (Lipinski definition) is 1. The Bertz CT molecular complexity index is 237. The highest BCUT2D eigenvalue weighted by Gasteiger charge is 2.02. The van der Waals surface area contributed by atoms with Crippen LogP contribution in [0.5, 0.6) is 0 Å². The molecule has 0 aliphatic carbocycles. The van der Waals surface area contributed by atoms with Crippen LogP contribution in [0, 0.1) is 0 Å². The summed E-state index contributed by atoms with van der Waals surface area (Å²) >= 11 is 5.73. The molecule has 2 nitrogen and oxygen atoms in total. The minimum absolute atomic E-state index is 0.0567. The number of nitrogens with two attached hydrogens (primary N) is 1. The van der Waals surface area contributed by atoms with Gasteiger partial charge in [0.2, 0.25) is 0 Å². The van der Waals surface area contributed by atoms with Crippen molar-refractivity contribution in [3.8, 4) is 0 Å². The second kappa shape index (κ2) is 3.69. The highest BCUT2D eigenvalue weighted by Crippen LogP contribution is 2.15. The third-order valence-corrected chi connectivity index (χ3v) is 1.80. The zero-order valence-corrected chi connectivity index (χ0v) is 7.17. The van der Waals surface area contributed by atoms with Crippen molar-refractivity contribution in [2.45, 2.75) is 19.4 Å². The van der Waals surface area contributed by atoms with Gasteiger partial charge in [0.25, 0.3) is 0 Å². The van der Waals surface area contributed by atoms with Crippen LogP contribution in [0.2, 0.25) is 5.02 Å². The van der Waals surface area contributed by atoms with E-state index in [2.05, 4.69) is 4.98 Å². The van der Waals surface area contributed by atoms with Crippen LogP contribution in [0.3, 0.4) is 0 Å². The van der Waals surface area contributed by atoms with Gasteiger partial charge in [0.15, 0.2) is 0 Å². The Labute approximate surface area is 71.4 Å². The van der Waals surface area contributed by atoms with Crippen molar-refractivity contribution in [3.63, 3.8) is 0 Å². The zero-order chi connectivity index (χ0) is 8.27. The quantitative estimate of drug-likeness (QED) is 0.739. The first-order chi connectivity index (χ1) is 5.24. The average Bonchev–Trinajstić information content (AvgIpc) is 2.03. The van der Waals surface area contributed by atoms with Gasteiger partial charge in [-0.2, -0.15) is 0 Å². The van der Waals surface area contributed by atoms with E-state index in [9.17, 15) is 0 Å². The topological polar surface area (TPSA) is 38.9 Å². The Balaban J connectivity index is 2.86. The Hall–Kier alpha value is -0.600. The minimum atomic E-state index is 0.0567. The SMILES string of the molecule is CCC(N)c1cncc(Cl)c1. The van der Waals surface area contributed by atoms with E-state index >= 15 is 0 Å². The standard InChI is InChI=1S/C8H11ClN2/c1-2-8(10)6-3-7(9)5-11-4-6/h3-5,8H,2,10H2,1H3. The highest BCUT2D eigenvalue weighted by atomic mass is 35.5. The lowest BCUT2D eigenvalue weighted by atomic mass is 10.1. The first kappa shape index (κ1) is 8.50. The summed E-state index contributed by atoms with van der Waals surface area (Å²) in [6.07, 6.45) is 4.26. The molecule has 0 aliphatic rings. The van der Waals surface area contributed by atoms with Crippen LogP contribution in [0.1, 0.15) is 24.9 Å². The fraction of sp³-hybridized carbons (Fsp3) is 0.375. The summed E-state index contributed by atoms with van der Waals surface area (Å²) in [6, 6.07) is 1.91. The molecule has 0 saturated heterocycles. The van der Waals surface area contributed by atoms with Crippen LogP contribution in [-0.4, -0.2) is 4.98 Å². The molecule has 0 aromatic carbocycles. The maximum atomic E-state index is 5.76. The van der Waals surface area contributed by atoms with E-state index in [1.807, 2.05) is 13.0 Å². The van der Waals surface area contributed by atoms with Crippen LogP contribution in [0.15, 0.2) is 18.5 Å². The van der Waals surface area contributed by atoms with Crippen LogP contribution < -0.4 is 5.73 Å². The Morgan fingerprint density at radius 2 is 2.36 bits per heavy atom. The van der Waals surface area contributed by atoms with E-state index in [1.54, 1.807) is 12.4 Å².